The molecule has 21 heavy (non-hydrogen) atoms. The summed E-state index contributed by atoms with van der Waals surface area (Å²) in [5, 5.41) is 16.7. The fraction of sp³-hybridized carbons (Fsp3) is 0. The van der Waals surface area contributed by atoms with Crippen LogP contribution in [-0.2, 0) is 0 Å². The molecule has 0 fully saturated rings. The Balaban J connectivity index is 2.10. The molecule has 2 N–H and O–H groups in total. The van der Waals surface area contributed by atoms with Crippen LogP contribution in [0, 0.1) is 15.9 Å². The van der Waals surface area contributed by atoms with Crippen LogP contribution in [-0.4, -0.2) is 10.0 Å². The molecule has 2 aromatic rings. The molecule has 0 atom stereocenters. The summed E-state index contributed by atoms with van der Waals surface area (Å²) in [4.78, 5) is 10.1. The van der Waals surface area contributed by atoms with Crippen LogP contribution in [0.1, 0.15) is 0 Å². The van der Waals surface area contributed by atoms with Gasteiger partial charge in [0.05, 0.1) is 10.6 Å². The normalized spacial score (nSPS) is 10.0. The molecule has 0 aliphatic carbocycles. The average molecular weight is 326 g/mol. The van der Waals surface area contributed by atoms with Crippen molar-refractivity contribution < 1.29 is 9.31 Å². The number of thiocarbonyl (C=S) groups is 1. The Hall–Kier alpha value is -2.25. The minimum atomic E-state index is -0.638. The predicted molar refractivity (Wildman–Crippen MR) is 84.3 cm³/mol. The number of hydrogen-bond acceptors (Lipinski definition) is 3. The van der Waals surface area contributed by atoms with E-state index in [2.05, 4.69) is 10.6 Å². The smallest absolute Gasteiger partial charge is 0.271 e. The van der Waals surface area contributed by atoms with Gasteiger partial charge in [-0.25, -0.2) is 4.39 Å². The quantitative estimate of drug-likeness (QED) is 0.503. The summed E-state index contributed by atoms with van der Waals surface area (Å²) in [6, 6.07) is 9.88. The Bertz CT molecular complexity index is 694. The molecule has 8 heteroatoms. The van der Waals surface area contributed by atoms with Crippen LogP contribution in [0.4, 0.5) is 21.5 Å². The molecule has 0 aromatic heterocycles. The Morgan fingerprint density at radius 2 is 1.86 bits per heavy atom. The monoisotopic (exact) mass is 325 g/mol. The first kappa shape index (κ1) is 15.1. The maximum atomic E-state index is 13.6. The van der Waals surface area contributed by atoms with Crippen molar-refractivity contribution in [3.05, 3.63) is 63.4 Å². The largest absolute Gasteiger partial charge is 0.332 e. The van der Waals surface area contributed by atoms with Gasteiger partial charge in [0.15, 0.2) is 5.11 Å². The van der Waals surface area contributed by atoms with Crippen molar-refractivity contribution in [1.29, 1.82) is 0 Å². The lowest BCUT2D eigenvalue weighted by molar-refractivity contribution is -0.384. The third-order valence-corrected chi connectivity index (χ3v) is 2.97. The Labute approximate surface area is 129 Å². The van der Waals surface area contributed by atoms with Crippen LogP contribution in [0.5, 0.6) is 0 Å². The number of nitro groups is 1. The van der Waals surface area contributed by atoms with Gasteiger partial charge >= 0.3 is 0 Å². The number of nitro benzene ring substituents is 1. The summed E-state index contributed by atoms with van der Waals surface area (Å²) in [6.07, 6.45) is 0. The summed E-state index contributed by atoms with van der Waals surface area (Å²) >= 11 is 10.8. The van der Waals surface area contributed by atoms with Crippen molar-refractivity contribution in [1.82, 2.24) is 0 Å². The van der Waals surface area contributed by atoms with Gasteiger partial charge < -0.3 is 10.6 Å². The summed E-state index contributed by atoms with van der Waals surface area (Å²) in [7, 11) is 0. The molecular formula is C13H9ClFN3O2S. The highest BCUT2D eigenvalue weighted by atomic mass is 35.5. The standard InChI is InChI=1S/C13H9ClFN3O2S/c14-8-1-3-9(4-2-8)16-13(21)17-12-7-10(18(19)20)5-6-11(12)15/h1-7H,(H2,16,17,21). The van der Waals surface area contributed by atoms with E-state index in [0.717, 1.165) is 18.2 Å². The van der Waals surface area contributed by atoms with Crippen LogP contribution >= 0.6 is 23.8 Å². The highest BCUT2D eigenvalue weighted by molar-refractivity contribution is 7.80. The molecule has 5 nitrogen and oxygen atoms in total. The molecule has 0 heterocycles. The van der Waals surface area contributed by atoms with E-state index in [1.807, 2.05) is 0 Å². The Morgan fingerprint density at radius 3 is 2.48 bits per heavy atom. The molecule has 0 aliphatic heterocycles. The molecular weight excluding hydrogens is 317 g/mol. The number of hydrogen-bond donors (Lipinski definition) is 2. The maximum absolute atomic E-state index is 13.6. The second-order valence-corrected chi connectivity index (χ2v) is 4.85. The fourth-order valence-corrected chi connectivity index (χ4v) is 1.89. The third kappa shape index (κ3) is 4.11. The molecule has 0 spiro atoms. The van der Waals surface area contributed by atoms with Gasteiger partial charge in [-0.05, 0) is 42.5 Å². The van der Waals surface area contributed by atoms with Gasteiger partial charge in [0.1, 0.15) is 5.82 Å². The topological polar surface area (TPSA) is 67.2 Å². The van der Waals surface area contributed by atoms with E-state index >= 15 is 0 Å². The first-order chi connectivity index (χ1) is 9.95. The van der Waals surface area contributed by atoms with Gasteiger partial charge in [0.25, 0.3) is 5.69 Å². The number of nitrogens with zero attached hydrogens (tertiary/aromatic N) is 1. The van der Waals surface area contributed by atoms with Crippen LogP contribution < -0.4 is 10.6 Å². The molecule has 2 rings (SSSR count). The number of anilines is 2. The van der Waals surface area contributed by atoms with Gasteiger partial charge in [0.2, 0.25) is 0 Å². The van der Waals surface area contributed by atoms with Gasteiger partial charge in [-0.2, -0.15) is 0 Å². The van der Waals surface area contributed by atoms with Crippen molar-refractivity contribution in [3.8, 4) is 0 Å². The fourth-order valence-electron chi connectivity index (χ4n) is 1.54. The van der Waals surface area contributed by atoms with Crippen molar-refractivity contribution in [2.45, 2.75) is 0 Å². The van der Waals surface area contributed by atoms with Crippen LogP contribution in [0.3, 0.4) is 0 Å². The lowest BCUT2D eigenvalue weighted by Crippen LogP contribution is -2.19. The van der Waals surface area contributed by atoms with E-state index in [-0.39, 0.29) is 16.5 Å². The van der Waals surface area contributed by atoms with E-state index < -0.39 is 10.7 Å². The Kier molecular flexibility index (Phi) is 4.66. The first-order valence-corrected chi connectivity index (χ1v) is 6.52. The van der Waals surface area contributed by atoms with E-state index in [1.54, 1.807) is 24.3 Å². The zero-order valence-corrected chi connectivity index (χ0v) is 12.0. The SMILES string of the molecule is O=[N+]([O-])c1ccc(F)c(NC(=S)Nc2ccc(Cl)cc2)c1. The average Bonchev–Trinajstić information content (AvgIpc) is 2.43. The van der Waals surface area contributed by atoms with Crippen molar-refractivity contribution in [3.63, 3.8) is 0 Å². The highest BCUT2D eigenvalue weighted by Gasteiger charge is 2.11. The van der Waals surface area contributed by atoms with E-state index in [9.17, 15) is 14.5 Å². The zero-order chi connectivity index (χ0) is 15.4. The molecule has 0 saturated heterocycles. The van der Waals surface area contributed by atoms with Crippen LogP contribution in [0.2, 0.25) is 5.02 Å². The lowest BCUT2D eigenvalue weighted by Gasteiger charge is -2.11. The number of halogens is 2. The summed E-state index contributed by atoms with van der Waals surface area (Å²) < 4.78 is 13.6. The lowest BCUT2D eigenvalue weighted by atomic mass is 10.2. The van der Waals surface area contributed by atoms with Crippen molar-refractivity contribution in [2.24, 2.45) is 0 Å². The highest BCUT2D eigenvalue weighted by Crippen LogP contribution is 2.21. The number of nitrogens with one attached hydrogen (secondary N) is 2. The van der Waals surface area contributed by atoms with E-state index in [4.69, 9.17) is 23.8 Å². The second kappa shape index (κ2) is 6.47. The molecule has 0 bridgehead atoms. The van der Waals surface area contributed by atoms with Crippen LogP contribution in [0.25, 0.3) is 0 Å². The molecule has 108 valence electrons. The van der Waals surface area contributed by atoms with Gasteiger partial charge in [-0.1, -0.05) is 11.6 Å². The predicted octanol–water partition coefficient (Wildman–Crippen LogP) is 4.20. The van der Waals surface area contributed by atoms with Crippen molar-refractivity contribution >= 4 is 46.0 Å². The van der Waals surface area contributed by atoms with Gasteiger partial charge in [-0.15, -0.1) is 0 Å². The molecule has 0 radical (unpaired) electrons. The molecule has 2 aromatic carbocycles. The van der Waals surface area contributed by atoms with Gasteiger partial charge in [0, 0.05) is 22.8 Å². The number of rotatable bonds is 3. The minimum absolute atomic E-state index is 0.0735. The van der Waals surface area contributed by atoms with E-state index in [0.29, 0.717) is 10.7 Å². The number of non-ortho nitro benzene ring substituents is 1. The molecule has 0 unspecified atom stereocenters. The zero-order valence-electron chi connectivity index (χ0n) is 10.5. The summed E-state index contributed by atoms with van der Waals surface area (Å²) in [6.45, 7) is 0. The molecule has 0 saturated carbocycles. The van der Waals surface area contributed by atoms with E-state index in [1.165, 1.54) is 0 Å². The third-order valence-electron chi connectivity index (χ3n) is 2.51. The first-order valence-electron chi connectivity index (χ1n) is 5.73. The molecule has 0 amide bonds. The van der Waals surface area contributed by atoms with Crippen molar-refractivity contribution in [2.75, 3.05) is 10.6 Å². The van der Waals surface area contributed by atoms with Crippen LogP contribution in [0.15, 0.2) is 42.5 Å². The second-order valence-electron chi connectivity index (χ2n) is 4.01. The molecule has 0 aliphatic rings. The number of benzene rings is 2. The van der Waals surface area contributed by atoms with Gasteiger partial charge in [-0.3, -0.25) is 10.1 Å². The summed E-state index contributed by atoms with van der Waals surface area (Å²) in [5.41, 5.74) is 0.353. The Morgan fingerprint density at radius 1 is 1.19 bits per heavy atom. The summed E-state index contributed by atoms with van der Waals surface area (Å²) in [5.74, 6) is -0.638. The minimum Gasteiger partial charge on any atom is -0.332 e. The maximum Gasteiger partial charge on any atom is 0.271 e.